The second kappa shape index (κ2) is 9.45. The number of carbonyl (C=O) groups is 1. The molecular formula is C19H25N3O6S2. The molecule has 30 heavy (non-hydrogen) atoms. The average molecular weight is 456 g/mol. The van der Waals surface area contributed by atoms with E-state index in [2.05, 4.69) is 10.0 Å². The van der Waals surface area contributed by atoms with Crippen LogP contribution in [0.5, 0.6) is 5.75 Å². The molecule has 2 N–H and O–H groups in total. The summed E-state index contributed by atoms with van der Waals surface area (Å²) in [6.45, 7) is 4.15. The third kappa shape index (κ3) is 4.91. The zero-order valence-corrected chi connectivity index (χ0v) is 18.8. The van der Waals surface area contributed by atoms with Crippen molar-refractivity contribution in [1.82, 2.24) is 9.62 Å². The predicted octanol–water partition coefficient (Wildman–Crippen LogP) is 1.89. The van der Waals surface area contributed by atoms with Crippen molar-refractivity contribution in [2.45, 2.75) is 23.6 Å². The number of anilines is 1. The molecule has 0 atom stereocenters. The smallest absolute Gasteiger partial charge is 0.261 e. The molecule has 0 spiro atoms. The first-order chi connectivity index (χ1) is 14.1. The molecule has 0 bridgehead atoms. The molecule has 0 aliphatic heterocycles. The summed E-state index contributed by atoms with van der Waals surface area (Å²) in [7, 11) is -4.86. The summed E-state index contributed by atoms with van der Waals surface area (Å²) < 4.78 is 59.3. The van der Waals surface area contributed by atoms with Crippen LogP contribution in [0.25, 0.3) is 0 Å². The molecule has 9 nitrogen and oxygen atoms in total. The Bertz CT molecular complexity index is 1110. The van der Waals surface area contributed by atoms with Crippen LogP contribution in [0, 0.1) is 0 Å². The second-order valence-electron chi connectivity index (χ2n) is 6.16. The van der Waals surface area contributed by atoms with Crippen LogP contribution in [-0.2, 0) is 20.0 Å². The molecule has 0 heterocycles. The standard InChI is InChI=1S/C19H25N3O6S2/c1-5-22(6-2)30(26,27)15-9-7-14(8-10-15)21-29(24,25)16-11-12-18(28-4)17(13-16)19(23)20-3/h7-13,21H,5-6H2,1-4H3,(H,20,23). The molecule has 2 aromatic carbocycles. The molecule has 164 valence electrons. The van der Waals surface area contributed by atoms with Gasteiger partial charge in [-0.25, -0.2) is 16.8 Å². The van der Waals surface area contributed by atoms with E-state index in [9.17, 15) is 21.6 Å². The number of carbonyl (C=O) groups excluding carboxylic acids is 1. The number of benzene rings is 2. The molecule has 0 aliphatic carbocycles. The first-order valence-electron chi connectivity index (χ1n) is 9.13. The number of methoxy groups -OCH3 is 1. The van der Waals surface area contributed by atoms with Crippen LogP contribution in [0.4, 0.5) is 5.69 Å². The average Bonchev–Trinajstić information content (AvgIpc) is 2.73. The predicted molar refractivity (Wildman–Crippen MR) is 114 cm³/mol. The fourth-order valence-electron chi connectivity index (χ4n) is 2.79. The number of nitrogens with one attached hydrogen (secondary N) is 2. The second-order valence-corrected chi connectivity index (χ2v) is 9.78. The van der Waals surface area contributed by atoms with Crippen LogP contribution in [0.3, 0.4) is 0 Å². The first-order valence-corrected chi connectivity index (χ1v) is 12.1. The van der Waals surface area contributed by atoms with Crippen LogP contribution < -0.4 is 14.8 Å². The summed E-state index contributed by atoms with van der Waals surface area (Å²) >= 11 is 0. The van der Waals surface area contributed by atoms with Gasteiger partial charge in [-0.3, -0.25) is 9.52 Å². The maximum absolute atomic E-state index is 12.7. The van der Waals surface area contributed by atoms with Crippen LogP contribution >= 0.6 is 0 Å². The largest absolute Gasteiger partial charge is 0.496 e. The summed E-state index contributed by atoms with van der Waals surface area (Å²) in [6.07, 6.45) is 0. The van der Waals surface area contributed by atoms with Crippen molar-refractivity contribution >= 4 is 31.6 Å². The molecule has 0 fully saturated rings. The summed E-state index contributed by atoms with van der Waals surface area (Å²) in [5.41, 5.74) is 0.259. The Kier molecular flexibility index (Phi) is 7.45. The lowest BCUT2D eigenvalue weighted by Gasteiger charge is -2.18. The Morgan fingerprint density at radius 2 is 1.53 bits per heavy atom. The van der Waals surface area contributed by atoms with Crippen molar-refractivity contribution in [2.75, 3.05) is 32.0 Å². The van der Waals surface area contributed by atoms with Gasteiger partial charge in [0, 0.05) is 25.8 Å². The number of rotatable bonds is 9. The molecule has 2 rings (SSSR count). The molecular weight excluding hydrogens is 430 g/mol. The van der Waals surface area contributed by atoms with Crippen molar-refractivity contribution in [1.29, 1.82) is 0 Å². The van der Waals surface area contributed by atoms with E-state index in [1.165, 1.54) is 60.9 Å². The Labute approximate surface area is 177 Å². The van der Waals surface area contributed by atoms with E-state index in [-0.39, 0.29) is 26.8 Å². The molecule has 0 aliphatic rings. The minimum atomic E-state index is -4.02. The lowest BCUT2D eigenvalue weighted by molar-refractivity contribution is 0.0960. The molecule has 0 aromatic heterocycles. The molecule has 0 saturated heterocycles. The first kappa shape index (κ1) is 23.6. The number of hydrogen-bond acceptors (Lipinski definition) is 6. The van der Waals surface area contributed by atoms with Gasteiger partial charge in [0.2, 0.25) is 10.0 Å². The maximum Gasteiger partial charge on any atom is 0.261 e. The highest BCUT2D eigenvalue weighted by molar-refractivity contribution is 7.92. The van der Waals surface area contributed by atoms with Gasteiger partial charge in [0.05, 0.1) is 22.5 Å². The van der Waals surface area contributed by atoms with E-state index < -0.39 is 26.0 Å². The zero-order chi connectivity index (χ0) is 22.5. The quantitative estimate of drug-likeness (QED) is 0.595. The lowest BCUT2D eigenvalue weighted by atomic mass is 10.2. The van der Waals surface area contributed by atoms with Gasteiger partial charge < -0.3 is 10.1 Å². The highest BCUT2D eigenvalue weighted by atomic mass is 32.2. The molecule has 2 aromatic rings. The van der Waals surface area contributed by atoms with Gasteiger partial charge in [-0.05, 0) is 42.5 Å². The SMILES string of the molecule is CCN(CC)S(=O)(=O)c1ccc(NS(=O)(=O)c2ccc(OC)c(C(=O)NC)c2)cc1. The third-order valence-corrected chi connectivity index (χ3v) is 7.85. The van der Waals surface area contributed by atoms with Crippen LogP contribution in [0.1, 0.15) is 24.2 Å². The Hall–Kier alpha value is -2.63. The van der Waals surface area contributed by atoms with E-state index in [1.807, 2.05) is 0 Å². The Balaban J connectivity index is 2.33. The van der Waals surface area contributed by atoms with Gasteiger partial charge in [-0.15, -0.1) is 0 Å². The fourth-order valence-corrected chi connectivity index (χ4v) is 5.33. The lowest BCUT2D eigenvalue weighted by Crippen LogP contribution is -2.30. The molecule has 0 unspecified atom stereocenters. The third-order valence-electron chi connectivity index (χ3n) is 4.40. The van der Waals surface area contributed by atoms with E-state index in [0.29, 0.717) is 13.1 Å². The zero-order valence-electron chi connectivity index (χ0n) is 17.2. The Morgan fingerprint density at radius 1 is 0.967 bits per heavy atom. The van der Waals surface area contributed by atoms with Crippen molar-refractivity contribution < 1.29 is 26.4 Å². The van der Waals surface area contributed by atoms with Gasteiger partial charge >= 0.3 is 0 Å². The maximum atomic E-state index is 12.7. The normalized spacial score (nSPS) is 11.9. The summed E-state index contributed by atoms with van der Waals surface area (Å²) in [5.74, 6) is -0.255. The topological polar surface area (TPSA) is 122 Å². The molecule has 1 amide bonds. The number of hydrogen-bond donors (Lipinski definition) is 2. The summed E-state index contributed by atoms with van der Waals surface area (Å²) in [6, 6.07) is 9.34. The Morgan fingerprint density at radius 3 is 2.03 bits per heavy atom. The minimum absolute atomic E-state index is 0.0699. The van der Waals surface area contributed by atoms with Crippen molar-refractivity contribution in [3.63, 3.8) is 0 Å². The van der Waals surface area contributed by atoms with Gasteiger partial charge in [0.15, 0.2) is 0 Å². The molecule has 0 radical (unpaired) electrons. The monoisotopic (exact) mass is 455 g/mol. The number of ether oxygens (including phenoxy) is 1. The van der Waals surface area contributed by atoms with E-state index in [0.717, 1.165) is 0 Å². The molecule has 11 heteroatoms. The van der Waals surface area contributed by atoms with Crippen LogP contribution in [0.2, 0.25) is 0 Å². The van der Waals surface area contributed by atoms with E-state index in [4.69, 9.17) is 4.74 Å². The van der Waals surface area contributed by atoms with E-state index in [1.54, 1.807) is 13.8 Å². The highest BCUT2D eigenvalue weighted by Gasteiger charge is 2.22. The summed E-state index contributed by atoms with van der Waals surface area (Å²) in [5, 5.41) is 2.43. The fraction of sp³-hybridized carbons (Fsp3) is 0.316. The van der Waals surface area contributed by atoms with Gasteiger partial charge in [-0.1, -0.05) is 13.8 Å². The molecule has 0 saturated carbocycles. The van der Waals surface area contributed by atoms with E-state index >= 15 is 0 Å². The van der Waals surface area contributed by atoms with Gasteiger partial charge in [0.1, 0.15) is 5.75 Å². The van der Waals surface area contributed by atoms with Crippen LogP contribution in [0.15, 0.2) is 52.3 Å². The van der Waals surface area contributed by atoms with Crippen LogP contribution in [-0.4, -0.2) is 54.3 Å². The number of sulfonamides is 2. The summed E-state index contributed by atoms with van der Waals surface area (Å²) in [4.78, 5) is 11.9. The number of amides is 1. The van der Waals surface area contributed by atoms with Gasteiger partial charge in [-0.2, -0.15) is 4.31 Å². The number of nitrogens with zero attached hydrogens (tertiary/aromatic N) is 1. The highest BCUT2D eigenvalue weighted by Crippen LogP contribution is 2.25. The van der Waals surface area contributed by atoms with Crippen molar-refractivity contribution in [2.24, 2.45) is 0 Å². The minimum Gasteiger partial charge on any atom is -0.496 e. The van der Waals surface area contributed by atoms with Gasteiger partial charge in [0.25, 0.3) is 15.9 Å². The van der Waals surface area contributed by atoms with Crippen molar-refractivity contribution in [3.05, 3.63) is 48.0 Å². The van der Waals surface area contributed by atoms with Crippen molar-refractivity contribution in [3.8, 4) is 5.75 Å².